The van der Waals surface area contributed by atoms with E-state index in [0.29, 0.717) is 30.4 Å². The van der Waals surface area contributed by atoms with Crippen molar-refractivity contribution in [1.29, 1.82) is 0 Å². The topological polar surface area (TPSA) is 73.1 Å². The van der Waals surface area contributed by atoms with Crippen molar-refractivity contribution in [2.24, 2.45) is 0 Å². The number of carbonyl (C=O) groups is 1. The molecule has 0 spiro atoms. The molecule has 1 amide bonds. The van der Waals surface area contributed by atoms with Gasteiger partial charge in [-0.05, 0) is 32.0 Å². The van der Waals surface area contributed by atoms with E-state index in [-0.39, 0.29) is 11.9 Å². The summed E-state index contributed by atoms with van der Waals surface area (Å²) in [6.45, 7) is 5.36. The number of amides is 1. The molecule has 138 valence electrons. The van der Waals surface area contributed by atoms with Gasteiger partial charge in [0.15, 0.2) is 5.82 Å². The van der Waals surface area contributed by atoms with Gasteiger partial charge >= 0.3 is 0 Å². The Kier molecular flexibility index (Phi) is 4.35. The molecule has 0 N–H and O–H groups in total. The highest BCUT2D eigenvalue weighted by atomic mass is 16.5. The second-order valence-corrected chi connectivity index (χ2v) is 6.74. The maximum Gasteiger partial charge on any atom is 0.254 e. The Hall–Kier alpha value is -3.22. The zero-order valence-corrected chi connectivity index (χ0v) is 15.6. The van der Waals surface area contributed by atoms with Crippen molar-refractivity contribution < 1.29 is 9.53 Å². The van der Waals surface area contributed by atoms with Gasteiger partial charge in [-0.25, -0.2) is 4.98 Å². The van der Waals surface area contributed by atoms with Crippen LogP contribution in [0.4, 0.5) is 0 Å². The van der Waals surface area contributed by atoms with Crippen LogP contribution in [0.1, 0.15) is 27.8 Å². The highest BCUT2D eigenvalue weighted by Gasteiger charge is 2.33. The van der Waals surface area contributed by atoms with Gasteiger partial charge in [-0.2, -0.15) is 10.1 Å². The molecule has 7 heteroatoms. The molecule has 1 saturated heterocycles. The molecule has 1 aliphatic rings. The number of likely N-dealkylation sites (tertiary alicyclic amines) is 1. The van der Waals surface area contributed by atoms with Crippen LogP contribution in [0.15, 0.2) is 42.6 Å². The molecule has 2 aromatic heterocycles. The lowest BCUT2D eigenvalue weighted by Crippen LogP contribution is -2.51. The molecule has 0 atom stereocenters. The van der Waals surface area contributed by atoms with Gasteiger partial charge in [0.25, 0.3) is 5.91 Å². The summed E-state index contributed by atoms with van der Waals surface area (Å²) in [6.07, 6.45) is 1.64. The fourth-order valence-corrected chi connectivity index (χ4v) is 3.36. The standard InChI is InChI=1S/C20H21N5O2/c1-13-9-14(2)25(23-13)17-11-24(12-17)20(26)16-6-4-5-15(10-16)19-21-8-7-18(22-19)27-3/h4-10,17H,11-12H2,1-3H3. The lowest BCUT2D eigenvalue weighted by atomic mass is 10.0. The molecule has 0 saturated carbocycles. The van der Waals surface area contributed by atoms with Crippen LogP contribution in [0.5, 0.6) is 5.88 Å². The van der Waals surface area contributed by atoms with Crippen LogP contribution in [0, 0.1) is 13.8 Å². The average Bonchev–Trinajstić information content (AvgIpc) is 2.98. The van der Waals surface area contributed by atoms with Gasteiger partial charge in [-0.1, -0.05) is 12.1 Å². The molecule has 0 unspecified atom stereocenters. The van der Waals surface area contributed by atoms with E-state index in [1.54, 1.807) is 19.4 Å². The third-order valence-corrected chi connectivity index (χ3v) is 4.75. The first-order chi connectivity index (χ1) is 13.0. The normalized spacial score (nSPS) is 14.1. The monoisotopic (exact) mass is 363 g/mol. The first-order valence-corrected chi connectivity index (χ1v) is 8.84. The largest absolute Gasteiger partial charge is 0.481 e. The van der Waals surface area contributed by atoms with Gasteiger partial charge in [-0.3, -0.25) is 9.48 Å². The lowest BCUT2D eigenvalue weighted by Gasteiger charge is -2.39. The molecule has 27 heavy (non-hydrogen) atoms. The maximum absolute atomic E-state index is 12.8. The SMILES string of the molecule is COc1ccnc(-c2cccc(C(=O)N3CC(n4nc(C)cc4C)C3)c2)n1. The predicted octanol–water partition coefficient (Wildman–Crippen LogP) is 2.66. The molecule has 1 aliphatic heterocycles. The van der Waals surface area contributed by atoms with Crippen molar-refractivity contribution in [3.8, 4) is 17.3 Å². The number of carbonyl (C=O) groups excluding carboxylic acids is 1. The number of benzene rings is 1. The van der Waals surface area contributed by atoms with E-state index in [9.17, 15) is 4.79 Å². The second-order valence-electron chi connectivity index (χ2n) is 6.74. The lowest BCUT2D eigenvalue weighted by molar-refractivity contribution is 0.0497. The summed E-state index contributed by atoms with van der Waals surface area (Å²) in [7, 11) is 1.56. The Bertz CT molecular complexity index is 992. The highest BCUT2D eigenvalue weighted by Crippen LogP contribution is 2.26. The molecule has 0 bridgehead atoms. The van der Waals surface area contributed by atoms with E-state index >= 15 is 0 Å². The quantitative estimate of drug-likeness (QED) is 0.712. The van der Waals surface area contributed by atoms with Crippen LogP contribution in [-0.2, 0) is 0 Å². The summed E-state index contributed by atoms with van der Waals surface area (Å²) >= 11 is 0. The van der Waals surface area contributed by atoms with Gasteiger partial charge in [-0.15, -0.1) is 0 Å². The number of methoxy groups -OCH3 is 1. The number of nitrogens with zero attached hydrogens (tertiary/aromatic N) is 5. The number of aryl methyl sites for hydroxylation is 2. The van der Waals surface area contributed by atoms with Crippen molar-refractivity contribution in [2.75, 3.05) is 20.2 Å². The fraction of sp³-hybridized carbons (Fsp3) is 0.300. The Morgan fingerprint density at radius 2 is 2.00 bits per heavy atom. The van der Waals surface area contributed by atoms with Gasteiger partial charge in [0.1, 0.15) is 0 Å². The average molecular weight is 363 g/mol. The highest BCUT2D eigenvalue weighted by molar-refractivity contribution is 5.95. The van der Waals surface area contributed by atoms with Crippen molar-refractivity contribution >= 4 is 5.91 Å². The van der Waals surface area contributed by atoms with Crippen LogP contribution in [-0.4, -0.2) is 50.8 Å². The number of hydrogen-bond donors (Lipinski definition) is 0. The van der Waals surface area contributed by atoms with E-state index in [4.69, 9.17) is 4.74 Å². The van der Waals surface area contributed by atoms with Gasteiger partial charge in [0, 0.05) is 42.2 Å². The Morgan fingerprint density at radius 1 is 1.19 bits per heavy atom. The molecule has 1 fully saturated rings. The van der Waals surface area contributed by atoms with Crippen LogP contribution in [0.25, 0.3) is 11.4 Å². The van der Waals surface area contributed by atoms with E-state index in [1.165, 1.54) is 0 Å². The minimum Gasteiger partial charge on any atom is -0.481 e. The van der Waals surface area contributed by atoms with Crippen LogP contribution >= 0.6 is 0 Å². The third kappa shape index (κ3) is 3.28. The van der Waals surface area contributed by atoms with E-state index in [0.717, 1.165) is 17.0 Å². The van der Waals surface area contributed by atoms with E-state index in [2.05, 4.69) is 21.1 Å². The van der Waals surface area contributed by atoms with Gasteiger partial charge in [0.2, 0.25) is 5.88 Å². The molecule has 7 nitrogen and oxygen atoms in total. The Morgan fingerprint density at radius 3 is 2.70 bits per heavy atom. The van der Waals surface area contributed by atoms with Crippen LogP contribution < -0.4 is 4.74 Å². The number of hydrogen-bond acceptors (Lipinski definition) is 5. The fourth-order valence-electron chi connectivity index (χ4n) is 3.36. The summed E-state index contributed by atoms with van der Waals surface area (Å²) in [5, 5.41) is 4.52. The minimum absolute atomic E-state index is 0.0116. The van der Waals surface area contributed by atoms with E-state index < -0.39 is 0 Å². The summed E-state index contributed by atoms with van der Waals surface area (Å²) in [4.78, 5) is 23.3. The second kappa shape index (κ2) is 6.83. The van der Waals surface area contributed by atoms with Gasteiger partial charge < -0.3 is 9.64 Å². The Labute approximate surface area is 157 Å². The van der Waals surface area contributed by atoms with Gasteiger partial charge in [0.05, 0.1) is 18.8 Å². The Balaban J connectivity index is 1.49. The maximum atomic E-state index is 12.8. The summed E-state index contributed by atoms with van der Waals surface area (Å²) in [5.41, 5.74) is 3.55. The number of aromatic nitrogens is 4. The minimum atomic E-state index is 0.0116. The van der Waals surface area contributed by atoms with Crippen LogP contribution in [0.2, 0.25) is 0 Å². The van der Waals surface area contributed by atoms with Crippen LogP contribution in [0.3, 0.4) is 0 Å². The molecule has 0 radical (unpaired) electrons. The molecule has 3 heterocycles. The van der Waals surface area contributed by atoms with Crippen molar-refractivity contribution in [2.45, 2.75) is 19.9 Å². The van der Waals surface area contributed by atoms with Crippen molar-refractivity contribution in [1.82, 2.24) is 24.6 Å². The van der Waals surface area contributed by atoms with Crippen molar-refractivity contribution in [3.63, 3.8) is 0 Å². The first-order valence-electron chi connectivity index (χ1n) is 8.84. The van der Waals surface area contributed by atoms with E-state index in [1.807, 2.05) is 47.7 Å². The van der Waals surface area contributed by atoms with Crippen molar-refractivity contribution in [3.05, 3.63) is 59.5 Å². The third-order valence-electron chi connectivity index (χ3n) is 4.75. The summed E-state index contributed by atoms with van der Waals surface area (Å²) in [6, 6.07) is 11.4. The summed E-state index contributed by atoms with van der Waals surface area (Å²) < 4.78 is 7.16. The summed E-state index contributed by atoms with van der Waals surface area (Å²) in [5.74, 6) is 1.04. The molecular formula is C20H21N5O2. The smallest absolute Gasteiger partial charge is 0.254 e. The molecule has 0 aliphatic carbocycles. The zero-order valence-electron chi connectivity index (χ0n) is 15.6. The molecule has 3 aromatic rings. The first kappa shape index (κ1) is 17.2. The molecular weight excluding hydrogens is 342 g/mol. The number of ether oxygens (including phenoxy) is 1. The molecule has 4 rings (SSSR count). The zero-order chi connectivity index (χ0) is 19.0. The number of rotatable bonds is 4. The predicted molar refractivity (Wildman–Crippen MR) is 101 cm³/mol. The molecule has 1 aromatic carbocycles.